The van der Waals surface area contributed by atoms with E-state index in [0.717, 1.165) is 31.6 Å². The van der Waals surface area contributed by atoms with Crippen LogP contribution in [0, 0.1) is 12.8 Å². The maximum Gasteiger partial charge on any atom is 0.251 e. The predicted octanol–water partition coefficient (Wildman–Crippen LogP) is 1.99. The van der Waals surface area contributed by atoms with Crippen LogP contribution >= 0.6 is 11.6 Å². The molecule has 0 bridgehead atoms. The highest BCUT2D eigenvalue weighted by atomic mass is 35.5. The summed E-state index contributed by atoms with van der Waals surface area (Å²) in [7, 11) is 0. The van der Waals surface area contributed by atoms with Gasteiger partial charge in [-0.15, -0.1) is 0 Å². The largest absolute Gasteiger partial charge is 0.352 e. The predicted molar refractivity (Wildman–Crippen MR) is 69.5 cm³/mol. The molecule has 1 aromatic rings. The van der Waals surface area contributed by atoms with Gasteiger partial charge >= 0.3 is 0 Å². The van der Waals surface area contributed by atoms with Crippen LogP contribution in [0.2, 0.25) is 5.02 Å². The summed E-state index contributed by atoms with van der Waals surface area (Å²) in [6, 6.07) is 5.42. The molecule has 17 heavy (non-hydrogen) atoms. The van der Waals surface area contributed by atoms with Crippen molar-refractivity contribution >= 4 is 17.5 Å². The van der Waals surface area contributed by atoms with E-state index >= 15 is 0 Å². The minimum absolute atomic E-state index is 0.0306. The Morgan fingerprint density at radius 3 is 3.12 bits per heavy atom. The number of halogens is 1. The standard InChI is InChI=1S/C13H17ClN2O/c1-9-11(3-2-4-12(9)14)13(17)16-8-10-5-6-15-7-10/h2-4,10,15H,5-8H2,1H3,(H,16,17). The molecule has 1 atom stereocenters. The van der Waals surface area contributed by atoms with Crippen LogP contribution in [0.5, 0.6) is 0 Å². The highest BCUT2D eigenvalue weighted by Crippen LogP contribution is 2.18. The van der Waals surface area contributed by atoms with Gasteiger partial charge in [0.15, 0.2) is 0 Å². The average Bonchev–Trinajstić information content (AvgIpc) is 2.82. The zero-order valence-electron chi connectivity index (χ0n) is 9.92. The number of hydrogen-bond donors (Lipinski definition) is 2. The fraction of sp³-hybridized carbons (Fsp3) is 0.462. The van der Waals surface area contributed by atoms with Gasteiger partial charge in [-0.2, -0.15) is 0 Å². The molecule has 1 heterocycles. The first-order valence-corrected chi connectivity index (χ1v) is 6.30. The quantitative estimate of drug-likeness (QED) is 0.864. The molecule has 1 fully saturated rings. The summed E-state index contributed by atoms with van der Waals surface area (Å²) >= 11 is 6.00. The molecule has 0 aromatic heterocycles. The monoisotopic (exact) mass is 252 g/mol. The molecular weight excluding hydrogens is 236 g/mol. The third-order valence-electron chi connectivity index (χ3n) is 3.23. The lowest BCUT2D eigenvalue weighted by Crippen LogP contribution is -2.30. The minimum atomic E-state index is -0.0306. The molecule has 1 aromatic carbocycles. The van der Waals surface area contributed by atoms with Crippen molar-refractivity contribution in [1.82, 2.24) is 10.6 Å². The molecule has 1 saturated heterocycles. The lowest BCUT2D eigenvalue weighted by molar-refractivity contribution is 0.0947. The summed E-state index contributed by atoms with van der Waals surface area (Å²) in [5, 5.41) is 6.89. The van der Waals surface area contributed by atoms with Gasteiger partial charge in [0.25, 0.3) is 5.91 Å². The van der Waals surface area contributed by atoms with Gasteiger partial charge in [-0.3, -0.25) is 4.79 Å². The third kappa shape index (κ3) is 2.99. The van der Waals surface area contributed by atoms with E-state index in [9.17, 15) is 4.79 Å². The normalized spacial score (nSPS) is 19.3. The first kappa shape index (κ1) is 12.4. The van der Waals surface area contributed by atoms with Gasteiger partial charge in [0.05, 0.1) is 0 Å². The molecule has 1 amide bonds. The van der Waals surface area contributed by atoms with Gasteiger partial charge in [0.2, 0.25) is 0 Å². The Morgan fingerprint density at radius 1 is 1.59 bits per heavy atom. The van der Waals surface area contributed by atoms with Crippen LogP contribution in [0.15, 0.2) is 18.2 Å². The lowest BCUT2D eigenvalue weighted by Gasteiger charge is -2.11. The Morgan fingerprint density at radius 2 is 2.41 bits per heavy atom. The van der Waals surface area contributed by atoms with Gasteiger partial charge in [-0.05, 0) is 50.0 Å². The Labute approximate surface area is 107 Å². The highest BCUT2D eigenvalue weighted by Gasteiger charge is 2.16. The second kappa shape index (κ2) is 5.52. The zero-order valence-corrected chi connectivity index (χ0v) is 10.7. The summed E-state index contributed by atoms with van der Waals surface area (Å²) < 4.78 is 0. The molecule has 1 unspecified atom stereocenters. The minimum Gasteiger partial charge on any atom is -0.352 e. The topological polar surface area (TPSA) is 41.1 Å². The number of carbonyl (C=O) groups is 1. The maximum atomic E-state index is 12.0. The first-order chi connectivity index (χ1) is 8.18. The van der Waals surface area contributed by atoms with Gasteiger partial charge in [0.1, 0.15) is 0 Å². The van der Waals surface area contributed by atoms with Crippen molar-refractivity contribution in [3.8, 4) is 0 Å². The van der Waals surface area contributed by atoms with Crippen molar-refractivity contribution in [3.63, 3.8) is 0 Å². The number of rotatable bonds is 3. The molecule has 92 valence electrons. The van der Waals surface area contributed by atoms with Gasteiger partial charge in [-0.1, -0.05) is 17.7 Å². The maximum absolute atomic E-state index is 12.0. The van der Waals surface area contributed by atoms with E-state index in [1.54, 1.807) is 12.1 Å². The lowest BCUT2D eigenvalue weighted by atomic mass is 10.1. The SMILES string of the molecule is Cc1c(Cl)cccc1C(=O)NCC1CCNC1. The van der Waals surface area contributed by atoms with E-state index in [1.807, 2.05) is 13.0 Å². The van der Waals surface area contributed by atoms with Gasteiger partial charge in [-0.25, -0.2) is 0 Å². The second-order valence-electron chi connectivity index (χ2n) is 4.48. The smallest absolute Gasteiger partial charge is 0.251 e. The van der Waals surface area contributed by atoms with Crippen molar-refractivity contribution in [2.75, 3.05) is 19.6 Å². The Balaban J connectivity index is 1.97. The highest BCUT2D eigenvalue weighted by molar-refractivity contribution is 6.31. The summed E-state index contributed by atoms with van der Waals surface area (Å²) in [6.07, 6.45) is 1.13. The van der Waals surface area contributed by atoms with E-state index in [2.05, 4.69) is 10.6 Å². The Kier molecular flexibility index (Phi) is 4.02. The van der Waals surface area contributed by atoms with Crippen molar-refractivity contribution in [3.05, 3.63) is 34.3 Å². The molecule has 0 saturated carbocycles. The molecule has 0 aliphatic carbocycles. The molecule has 0 spiro atoms. The Hall–Kier alpha value is -1.06. The van der Waals surface area contributed by atoms with Crippen LogP contribution in [-0.2, 0) is 0 Å². The van der Waals surface area contributed by atoms with Crippen LogP contribution < -0.4 is 10.6 Å². The third-order valence-corrected chi connectivity index (χ3v) is 3.64. The molecule has 1 aliphatic rings. The molecule has 3 nitrogen and oxygen atoms in total. The summed E-state index contributed by atoms with van der Waals surface area (Å²) in [5.74, 6) is 0.523. The summed E-state index contributed by atoms with van der Waals surface area (Å²) in [6.45, 7) is 4.65. The molecule has 2 rings (SSSR count). The van der Waals surface area contributed by atoms with Gasteiger partial charge < -0.3 is 10.6 Å². The first-order valence-electron chi connectivity index (χ1n) is 5.92. The molecule has 0 radical (unpaired) electrons. The summed E-state index contributed by atoms with van der Waals surface area (Å²) in [5.41, 5.74) is 1.51. The van der Waals surface area contributed by atoms with Crippen LogP contribution in [0.3, 0.4) is 0 Å². The fourth-order valence-corrected chi connectivity index (χ4v) is 2.25. The van der Waals surface area contributed by atoms with Gasteiger partial charge in [0, 0.05) is 17.1 Å². The van der Waals surface area contributed by atoms with E-state index in [4.69, 9.17) is 11.6 Å². The van der Waals surface area contributed by atoms with Crippen molar-refractivity contribution < 1.29 is 4.79 Å². The Bertz CT molecular complexity index is 414. The molecule has 2 N–H and O–H groups in total. The van der Waals surface area contributed by atoms with E-state index in [0.29, 0.717) is 16.5 Å². The van der Waals surface area contributed by atoms with E-state index in [1.165, 1.54) is 0 Å². The average molecular weight is 253 g/mol. The zero-order chi connectivity index (χ0) is 12.3. The number of amides is 1. The number of carbonyl (C=O) groups excluding carboxylic acids is 1. The summed E-state index contributed by atoms with van der Waals surface area (Å²) in [4.78, 5) is 12.0. The number of benzene rings is 1. The van der Waals surface area contributed by atoms with Crippen molar-refractivity contribution in [2.24, 2.45) is 5.92 Å². The molecule has 1 aliphatic heterocycles. The van der Waals surface area contributed by atoms with Crippen LogP contribution in [0.4, 0.5) is 0 Å². The number of hydrogen-bond acceptors (Lipinski definition) is 2. The second-order valence-corrected chi connectivity index (χ2v) is 4.89. The van der Waals surface area contributed by atoms with Crippen LogP contribution in [0.1, 0.15) is 22.3 Å². The fourth-order valence-electron chi connectivity index (χ4n) is 2.07. The van der Waals surface area contributed by atoms with Crippen LogP contribution in [-0.4, -0.2) is 25.5 Å². The number of nitrogens with one attached hydrogen (secondary N) is 2. The van der Waals surface area contributed by atoms with E-state index in [-0.39, 0.29) is 5.91 Å². The molecule has 4 heteroatoms. The molecular formula is C13H17ClN2O. The van der Waals surface area contributed by atoms with E-state index < -0.39 is 0 Å². The van der Waals surface area contributed by atoms with Crippen LogP contribution in [0.25, 0.3) is 0 Å². The van der Waals surface area contributed by atoms with Crippen molar-refractivity contribution in [1.29, 1.82) is 0 Å². The van der Waals surface area contributed by atoms with Crippen molar-refractivity contribution in [2.45, 2.75) is 13.3 Å².